The Balaban J connectivity index is 2.70. The monoisotopic (exact) mass is 428 g/mol. The molecule has 0 saturated heterocycles. The highest BCUT2D eigenvalue weighted by molar-refractivity contribution is 14.1. The molecule has 4 nitrogen and oxygen atoms in total. The number of carbonyl (C=O) groups excluding carboxylic acids is 2. The normalized spacial score (nSPS) is 12.6. The Morgan fingerprint density at radius 2 is 1.95 bits per heavy atom. The third kappa shape index (κ3) is 5.47. The number of rotatable bonds is 5. The lowest BCUT2D eigenvalue weighted by Gasteiger charge is -2.13. The van der Waals surface area contributed by atoms with Crippen molar-refractivity contribution in [2.24, 2.45) is 5.92 Å². The van der Waals surface area contributed by atoms with Crippen LogP contribution in [0.25, 0.3) is 0 Å². The molecule has 1 unspecified atom stereocenters. The van der Waals surface area contributed by atoms with E-state index in [2.05, 4.69) is 10.6 Å². The summed E-state index contributed by atoms with van der Waals surface area (Å²) in [6, 6.07) is 3.09. The van der Waals surface area contributed by atoms with Gasteiger partial charge in [0.25, 0.3) is 0 Å². The van der Waals surface area contributed by atoms with E-state index in [0.29, 0.717) is 9.99 Å². The fourth-order valence-corrected chi connectivity index (χ4v) is 1.99. The third-order valence-corrected chi connectivity index (χ3v) is 3.99. The lowest BCUT2D eigenvalue weighted by Crippen LogP contribution is -2.36. The van der Waals surface area contributed by atoms with Gasteiger partial charge in [0.05, 0.1) is 17.8 Å². The van der Waals surface area contributed by atoms with Crippen LogP contribution in [0.5, 0.6) is 0 Å². The molecular weight excluding hydrogens is 412 g/mol. The summed E-state index contributed by atoms with van der Waals surface area (Å²) >= 11 is 1.83. The van der Waals surface area contributed by atoms with Crippen LogP contribution in [0.4, 0.5) is 18.9 Å². The minimum absolute atomic E-state index is 0.0678. The predicted molar refractivity (Wildman–Crippen MR) is 85.3 cm³/mol. The zero-order valence-electron chi connectivity index (χ0n) is 12.1. The summed E-state index contributed by atoms with van der Waals surface area (Å²) in [5.41, 5.74) is -0.773. The molecule has 0 aliphatic rings. The molecule has 0 spiro atoms. The molecule has 2 amide bonds. The summed E-state index contributed by atoms with van der Waals surface area (Å²) in [5.74, 6) is -1.06. The number of hydrogen-bond acceptors (Lipinski definition) is 2. The van der Waals surface area contributed by atoms with E-state index in [1.54, 1.807) is 6.92 Å². The Bertz CT molecular complexity index is 562. The van der Waals surface area contributed by atoms with Crippen LogP contribution in [-0.4, -0.2) is 18.4 Å². The largest absolute Gasteiger partial charge is 0.416 e. The second kappa shape index (κ2) is 7.80. The number of carbonyl (C=O) groups is 2. The third-order valence-electron chi connectivity index (χ3n) is 3.05. The van der Waals surface area contributed by atoms with E-state index in [1.807, 2.05) is 29.5 Å². The van der Waals surface area contributed by atoms with Crippen LogP contribution in [0.2, 0.25) is 0 Å². The highest BCUT2D eigenvalue weighted by atomic mass is 127. The number of hydrogen-bond donors (Lipinski definition) is 2. The zero-order chi connectivity index (χ0) is 16.9. The Morgan fingerprint density at radius 1 is 1.32 bits per heavy atom. The summed E-state index contributed by atoms with van der Waals surface area (Å²) in [6.45, 7) is 3.29. The fourth-order valence-electron chi connectivity index (χ4n) is 1.52. The van der Waals surface area contributed by atoms with Crippen molar-refractivity contribution >= 4 is 40.1 Å². The van der Waals surface area contributed by atoms with E-state index in [0.717, 1.165) is 12.1 Å². The molecule has 122 valence electrons. The first-order valence-electron chi connectivity index (χ1n) is 6.59. The van der Waals surface area contributed by atoms with Gasteiger partial charge in [-0.3, -0.25) is 9.59 Å². The first-order valence-corrected chi connectivity index (χ1v) is 7.67. The molecule has 1 atom stereocenters. The van der Waals surface area contributed by atoms with Crippen molar-refractivity contribution in [2.75, 3.05) is 11.9 Å². The number of halogens is 4. The predicted octanol–water partition coefficient (Wildman–Crippen LogP) is 3.41. The lowest BCUT2D eigenvalue weighted by molar-refractivity contribution is -0.137. The summed E-state index contributed by atoms with van der Waals surface area (Å²) in [6.07, 6.45) is -3.84. The summed E-state index contributed by atoms with van der Waals surface area (Å²) < 4.78 is 38.4. The average Bonchev–Trinajstić information content (AvgIpc) is 2.44. The minimum Gasteiger partial charge on any atom is -0.347 e. The van der Waals surface area contributed by atoms with Crippen LogP contribution in [-0.2, 0) is 15.8 Å². The average molecular weight is 428 g/mol. The van der Waals surface area contributed by atoms with Crippen molar-refractivity contribution in [3.05, 3.63) is 27.3 Å². The summed E-state index contributed by atoms with van der Waals surface area (Å²) in [5, 5.41) is 4.82. The maximum absolute atomic E-state index is 12.6. The number of anilines is 1. The molecule has 0 heterocycles. The molecule has 8 heteroatoms. The Hall–Kier alpha value is -1.32. The fraction of sp³-hybridized carbons (Fsp3) is 0.429. The summed E-state index contributed by atoms with van der Waals surface area (Å²) in [7, 11) is 0. The van der Waals surface area contributed by atoms with Gasteiger partial charge in [-0.15, -0.1) is 0 Å². The number of alkyl halides is 3. The second-order valence-corrected chi connectivity index (χ2v) is 5.93. The van der Waals surface area contributed by atoms with Gasteiger partial charge in [0.2, 0.25) is 11.8 Å². The van der Waals surface area contributed by atoms with E-state index < -0.39 is 17.6 Å². The second-order valence-electron chi connectivity index (χ2n) is 4.77. The number of nitrogens with one attached hydrogen (secondary N) is 2. The van der Waals surface area contributed by atoms with Gasteiger partial charge in [0.15, 0.2) is 0 Å². The topological polar surface area (TPSA) is 58.2 Å². The minimum atomic E-state index is -4.48. The van der Waals surface area contributed by atoms with E-state index in [9.17, 15) is 22.8 Å². The first kappa shape index (κ1) is 18.7. The maximum atomic E-state index is 12.6. The molecule has 0 aliphatic carbocycles. The van der Waals surface area contributed by atoms with Crippen molar-refractivity contribution in [2.45, 2.75) is 26.4 Å². The van der Waals surface area contributed by atoms with Gasteiger partial charge in [-0.2, -0.15) is 13.2 Å². The number of amides is 2. The molecule has 2 N–H and O–H groups in total. The van der Waals surface area contributed by atoms with Crippen LogP contribution in [0.3, 0.4) is 0 Å². The molecule has 0 bridgehead atoms. The van der Waals surface area contributed by atoms with Crippen molar-refractivity contribution in [1.29, 1.82) is 0 Å². The van der Waals surface area contributed by atoms with Crippen molar-refractivity contribution in [1.82, 2.24) is 5.32 Å². The van der Waals surface area contributed by atoms with Gasteiger partial charge in [0.1, 0.15) is 0 Å². The molecule has 22 heavy (non-hydrogen) atoms. The van der Waals surface area contributed by atoms with Gasteiger partial charge >= 0.3 is 6.18 Å². The lowest BCUT2D eigenvalue weighted by atomic mass is 10.1. The van der Waals surface area contributed by atoms with E-state index in [4.69, 9.17) is 0 Å². The number of benzene rings is 1. The standard InChI is InChI=1S/C14H16F3IN2O2/c1-3-8(2)13(22)19-7-12(21)20-11-6-9(14(15,16)17)4-5-10(11)18/h4-6,8H,3,7H2,1-2H3,(H,19,22)(H,20,21). The van der Waals surface area contributed by atoms with E-state index >= 15 is 0 Å². The smallest absolute Gasteiger partial charge is 0.347 e. The van der Waals surface area contributed by atoms with Crippen molar-refractivity contribution in [3.8, 4) is 0 Å². The van der Waals surface area contributed by atoms with Gasteiger partial charge in [-0.25, -0.2) is 0 Å². The molecule has 0 radical (unpaired) electrons. The van der Waals surface area contributed by atoms with Crippen molar-refractivity contribution in [3.63, 3.8) is 0 Å². The molecule has 0 fully saturated rings. The highest BCUT2D eigenvalue weighted by Crippen LogP contribution is 2.32. The molecule has 1 aromatic rings. The highest BCUT2D eigenvalue weighted by Gasteiger charge is 2.31. The van der Waals surface area contributed by atoms with Crippen molar-refractivity contribution < 1.29 is 22.8 Å². The molecule has 0 aliphatic heterocycles. The summed E-state index contributed by atoms with van der Waals surface area (Å²) in [4.78, 5) is 23.3. The first-order chi connectivity index (χ1) is 10.1. The molecule has 1 aromatic carbocycles. The van der Waals surface area contributed by atoms with Gasteiger partial charge < -0.3 is 10.6 Å². The molecular formula is C14H16F3IN2O2. The Kier molecular flexibility index (Phi) is 6.64. The Morgan fingerprint density at radius 3 is 2.50 bits per heavy atom. The quantitative estimate of drug-likeness (QED) is 0.707. The van der Waals surface area contributed by atoms with Gasteiger partial charge in [-0.05, 0) is 47.2 Å². The van der Waals surface area contributed by atoms with Crippen LogP contribution in [0.1, 0.15) is 25.8 Å². The maximum Gasteiger partial charge on any atom is 0.416 e. The molecule has 0 aromatic heterocycles. The van der Waals surface area contributed by atoms with Gasteiger partial charge in [-0.1, -0.05) is 13.8 Å². The van der Waals surface area contributed by atoms with Crippen LogP contribution >= 0.6 is 22.6 Å². The van der Waals surface area contributed by atoms with Crippen LogP contribution in [0.15, 0.2) is 18.2 Å². The zero-order valence-corrected chi connectivity index (χ0v) is 14.2. The van der Waals surface area contributed by atoms with Gasteiger partial charge in [0, 0.05) is 9.49 Å². The van der Waals surface area contributed by atoms with E-state index in [1.165, 1.54) is 6.07 Å². The van der Waals surface area contributed by atoms with Crippen LogP contribution < -0.4 is 10.6 Å². The Labute approximate surface area is 140 Å². The SMILES string of the molecule is CCC(C)C(=O)NCC(=O)Nc1cc(C(F)(F)F)ccc1I. The molecule has 0 saturated carbocycles. The van der Waals surface area contributed by atoms with E-state index in [-0.39, 0.29) is 24.1 Å². The molecule has 1 rings (SSSR count). The van der Waals surface area contributed by atoms with Crippen LogP contribution in [0, 0.1) is 9.49 Å².